The number of hydrogen-bond acceptors (Lipinski definition) is 6. The van der Waals surface area contributed by atoms with E-state index in [-0.39, 0.29) is 0 Å². The summed E-state index contributed by atoms with van der Waals surface area (Å²) in [5.74, 6) is 0.415. The van der Waals surface area contributed by atoms with Crippen molar-refractivity contribution in [2.45, 2.75) is 28.4 Å². The van der Waals surface area contributed by atoms with E-state index in [4.69, 9.17) is 11.6 Å². The second kappa shape index (κ2) is 6.44. The van der Waals surface area contributed by atoms with E-state index in [1.807, 2.05) is 24.3 Å². The van der Waals surface area contributed by atoms with Crippen LogP contribution in [0.2, 0.25) is 5.02 Å². The molecular formula is C14H12ClN3S3. The molecule has 0 aliphatic heterocycles. The molecule has 0 saturated carbocycles. The number of thiazole rings is 1. The first-order valence-electron chi connectivity index (χ1n) is 6.34. The molecule has 0 aliphatic carbocycles. The van der Waals surface area contributed by atoms with Crippen LogP contribution in [0, 0.1) is 0 Å². The van der Waals surface area contributed by atoms with Gasteiger partial charge in [-0.3, -0.25) is 0 Å². The molecular weight excluding hydrogens is 342 g/mol. The molecule has 21 heavy (non-hydrogen) atoms. The molecule has 0 amide bonds. The lowest BCUT2D eigenvalue weighted by Crippen LogP contribution is -1.83. The Morgan fingerprint density at radius 1 is 1.10 bits per heavy atom. The molecule has 2 aromatic heterocycles. The molecule has 0 bridgehead atoms. The van der Waals surface area contributed by atoms with Crippen LogP contribution >= 0.6 is 46.0 Å². The third kappa shape index (κ3) is 3.63. The lowest BCUT2D eigenvalue weighted by molar-refractivity contribution is 0.817. The minimum atomic E-state index is 0.415. The van der Waals surface area contributed by atoms with Gasteiger partial charge in [-0.1, -0.05) is 48.9 Å². The summed E-state index contributed by atoms with van der Waals surface area (Å²) in [7, 11) is 0. The van der Waals surface area contributed by atoms with Gasteiger partial charge in [0.05, 0.1) is 5.69 Å². The topological polar surface area (TPSA) is 38.7 Å². The second-order valence-corrected chi connectivity index (χ2v) is 8.47. The highest BCUT2D eigenvalue weighted by atomic mass is 35.5. The van der Waals surface area contributed by atoms with Crippen LogP contribution in [0.4, 0.5) is 0 Å². The molecule has 0 fully saturated rings. The first-order chi connectivity index (χ1) is 10.1. The molecule has 3 aromatic rings. The number of rotatable bonds is 4. The van der Waals surface area contributed by atoms with Gasteiger partial charge in [-0.05, 0) is 23.9 Å². The van der Waals surface area contributed by atoms with Crippen molar-refractivity contribution in [3.63, 3.8) is 0 Å². The average Bonchev–Trinajstić information content (AvgIpc) is 3.10. The van der Waals surface area contributed by atoms with Gasteiger partial charge in [-0.2, -0.15) is 0 Å². The van der Waals surface area contributed by atoms with E-state index in [2.05, 4.69) is 34.4 Å². The molecule has 0 unspecified atom stereocenters. The third-order valence-corrected chi connectivity index (χ3v) is 6.18. The van der Waals surface area contributed by atoms with Gasteiger partial charge in [0.1, 0.15) is 5.01 Å². The number of nitrogens with zero attached hydrogens (tertiary/aromatic N) is 3. The molecule has 0 atom stereocenters. The first-order valence-corrected chi connectivity index (χ1v) is 9.23. The van der Waals surface area contributed by atoms with Gasteiger partial charge in [0.15, 0.2) is 8.68 Å². The number of hydrogen-bond donors (Lipinski definition) is 0. The molecule has 1 aromatic carbocycles. The SMILES string of the molecule is CC(C)c1nnc(Sc2nc(-c3ccc(Cl)cc3)cs2)s1. The Kier molecular flexibility index (Phi) is 4.59. The van der Waals surface area contributed by atoms with Crippen LogP contribution < -0.4 is 0 Å². The summed E-state index contributed by atoms with van der Waals surface area (Å²) in [5, 5.41) is 12.3. The monoisotopic (exact) mass is 353 g/mol. The van der Waals surface area contributed by atoms with Crippen LogP contribution in [0.5, 0.6) is 0 Å². The summed E-state index contributed by atoms with van der Waals surface area (Å²) in [4.78, 5) is 4.64. The highest BCUT2D eigenvalue weighted by Crippen LogP contribution is 2.35. The predicted octanol–water partition coefficient (Wildman–Crippen LogP) is 5.59. The zero-order valence-corrected chi connectivity index (χ0v) is 14.6. The number of aromatic nitrogens is 3. The Bertz CT molecular complexity index is 734. The number of halogens is 1. The smallest absolute Gasteiger partial charge is 0.181 e. The van der Waals surface area contributed by atoms with Crippen LogP contribution in [0.25, 0.3) is 11.3 Å². The van der Waals surface area contributed by atoms with E-state index in [1.165, 1.54) is 0 Å². The maximum atomic E-state index is 5.90. The highest BCUT2D eigenvalue weighted by molar-refractivity contribution is 8.02. The molecule has 0 radical (unpaired) electrons. The zero-order valence-electron chi connectivity index (χ0n) is 11.4. The van der Waals surface area contributed by atoms with Gasteiger partial charge in [0, 0.05) is 21.9 Å². The van der Waals surface area contributed by atoms with Crippen molar-refractivity contribution in [1.82, 2.24) is 15.2 Å². The van der Waals surface area contributed by atoms with Gasteiger partial charge in [-0.15, -0.1) is 21.5 Å². The van der Waals surface area contributed by atoms with E-state index < -0.39 is 0 Å². The van der Waals surface area contributed by atoms with Gasteiger partial charge < -0.3 is 0 Å². The molecule has 0 aliphatic rings. The van der Waals surface area contributed by atoms with Gasteiger partial charge in [-0.25, -0.2) is 4.98 Å². The Morgan fingerprint density at radius 2 is 1.86 bits per heavy atom. The normalized spacial score (nSPS) is 11.2. The Labute approximate surface area is 140 Å². The predicted molar refractivity (Wildman–Crippen MR) is 90.7 cm³/mol. The minimum Gasteiger partial charge on any atom is -0.229 e. The quantitative estimate of drug-likeness (QED) is 0.612. The summed E-state index contributed by atoms with van der Waals surface area (Å²) >= 11 is 10.7. The van der Waals surface area contributed by atoms with E-state index in [9.17, 15) is 0 Å². The Hall–Kier alpha value is -0.950. The second-order valence-electron chi connectivity index (χ2n) is 4.67. The van der Waals surface area contributed by atoms with Crippen molar-refractivity contribution < 1.29 is 0 Å². The maximum Gasteiger partial charge on any atom is 0.181 e. The summed E-state index contributed by atoms with van der Waals surface area (Å²) < 4.78 is 1.92. The molecule has 2 heterocycles. The molecule has 0 saturated heterocycles. The Balaban J connectivity index is 1.76. The molecule has 0 N–H and O–H groups in total. The molecule has 3 rings (SSSR count). The van der Waals surface area contributed by atoms with Crippen molar-refractivity contribution in [3.05, 3.63) is 39.7 Å². The summed E-state index contributed by atoms with van der Waals surface area (Å²) in [5.41, 5.74) is 2.04. The van der Waals surface area contributed by atoms with Crippen LogP contribution in [0.15, 0.2) is 38.3 Å². The summed E-state index contributed by atoms with van der Waals surface area (Å²) in [6.07, 6.45) is 0. The maximum absolute atomic E-state index is 5.90. The lowest BCUT2D eigenvalue weighted by atomic mass is 10.2. The van der Waals surface area contributed by atoms with Crippen molar-refractivity contribution in [3.8, 4) is 11.3 Å². The van der Waals surface area contributed by atoms with Crippen LogP contribution in [-0.4, -0.2) is 15.2 Å². The fourth-order valence-electron chi connectivity index (χ4n) is 1.63. The zero-order chi connectivity index (χ0) is 14.8. The van der Waals surface area contributed by atoms with E-state index in [1.54, 1.807) is 34.4 Å². The van der Waals surface area contributed by atoms with Crippen molar-refractivity contribution in [2.75, 3.05) is 0 Å². The standard InChI is InChI=1S/C14H12ClN3S3/c1-8(2)12-17-18-14(20-12)21-13-16-11(7-19-13)9-3-5-10(15)6-4-9/h3-8H,1-2H3. The van der Waals surface area contributed by atoms with Gasteiger partial charge >= 0.3 is 0 Å². The van der Waals surface area contributed by atoms with E-state index in [0.29, 0.717) is 5.92 Å². The van der Waals surface area contributed by atoms with Crippen molar-refractivity contribution in [2.24, 2.45) is 0 Å². The van der Waals surface area contributed by atoms with E-state index >= 15 is 0 Å². The van der Waals surface area contributed by atoms with Crippen LogP contribution in [-0.2, 0) is 0 Å². The molecule has 0 spiro atoms. The van der Waals surface area contributed by atoms with E-state index in [0.717, 1.165) is 30.0 Å². The summed E-state index contributed by atoms with van der Waals surface area (Å²) in [6.45, 7) is 4.24. The fraction of sp³-hybridized carbons (Fsp3) is 0.214. The molecule has 108 valence electrons. The fourth-order valence-corrected chi connectivity index (χ4v) is 4.65. The first kappa shape index (κ1) is 15.0. The third-order valence-electron chi connectivity index (χ3n) is 2.71. The van der Waals surface area contributed by atoms with Crippen molar-refractivity contribution in [1.29, 1.82) is 0 Å². The molecule has 3 nitrogen and oxygen atoms in total. The minimum absolute atomic E-state index is 0.415. The average molecular weight is 354 g/mol. The lowest BCUT2D eigenvalue weighted by Gasteiger charge is -1.96. The van der Waals surface area contributed by atoms with Crippen LogP contribution in [0.1, 0.15) is 24.8 Å². The summed E-state index contributed by atoms with van der Waals surface area (Å²) in [6, 6.07) is 7.71. The van der Waals surface area contributed by atoms with Gasteiger partial charge in [0.2, 0.25) is 0 Å². The molecule has 7 heteroatoms. The highest BCUT2D eigenvalue weighted by Gasteiger charge is 2.11. The van der Waals surface area contributed by atoms with Gasteiger partial charge in [0.25, 0.3) is 0 Å². The van der Waals surface area contributed by atoms with Crippen LogP contribution in [0.3, 0.4) is 0 Å². The Morgan fingerprint density at radius 3 is 2.52 bits per heavy atom. The number of benzene rings is 1. The largest absolute Gasteiger partial charge is 0.229 e. The van der Waals surface area contributed by atoms with Crippen molar-refractivity contribution >= 4 is 46.0 Å².